The van der Waals surface area contributed by atoms with Crippen LogP contribution in [0.1, 0.15) is 5.56 Å². The van der Waals surface area contributed by atoms with Gasteiger partial charge >= 0.3 is 0 Å². The lowest BCUT2D eigenvalue weighted by atomic mass is 10.1. The number of nitrogens with zero attached hydrogens (tertiary/aromatic N) is 4. The number of para-hydroxylation sites is 3. The Morgan fingerprint density at radius 2 is 1.69 bits per heavy atom. The molecule has 1 amide bonds. The molecule has 3 aromatic carbocycles. The number of methoxy groups -OCH3 is 1. The maximum atomic E-state index is 12.9. The number of hydrogen-bond donors (Lipinski definition) is 0. The number of aromatic nitrogens is 2. The summed E-state index contributed by atoms with van der Waals surface area (Å²) in [7, 11) is 1.67. The van der Waals surface area contributed by atoms with Gasteiger partial charge in [-0.05, 0) is 37.3 Å². The molecule has 8 heteroatoms. The van der Waals surface area contributed by atoms with Crippen LogP contribution in [0, 0.1) is 6.92 Å². The van der Waals surface area contributed by atoms with Gasteiger partial charge in [0.1, 0.15) is 11.5 Å². The molecule has 0 aliphatic carbocycles. The Hall–Kier alpha value is -4.33. The second kappa shape index (κ2) is 10.5. The summed E-state index contributed by atoms with van der Waals surface area (Å²) in [6.07, 6.45) is 0. The maximum absolute atomic E-state index is 12.9. The summed E-state index contributed by atoms with van der Waals surface area (Å²) < 4.78 is 16.9. The maximum Gasteiger partial charge on any atom is 0.262 e. The molecule has 0 bridgehead atoms. The second-order valence-electron chi connectivity index (χ2n) is 8.62. The van der Waals surface area contributed by atoms with E-state index in [0.717, 1.165) is 35.7 Å². The molecule has 1 saturated heterocycles. The SMILES string of the molecule is COc1ccccc1N1CCN(C(=O)COc2ccccc2-c2nc(-c3cccc(C)c3)no2)CC1. The Balaban J connectivity index is 1.22. The smallest absolute Gasteiger partial charge is 0.262 e. The largest absolute Gasteiger partial charge is 0.495 e. The average Bonchev–Trinajstić information content (AvgIpc) is 3.42. The van der Waals surface area contributed by atoms with Crippen molar-refractivity contribution in [3.63, 3.8) is 0 Å². The Labute approximate surface area is 210 Å². The van der Waals surface area contributed by atoms with Gasteiger partial charge in [-0.2, -0.15) is 4.98 Å². The molecule has 0 unspecified atom stereocenters. The van der Waals surface area contributed by atoms with Crippen molar-refractivity contribution in [3.05, 3.63) is 78.4 Å². The minimum absolute atomic E-state index is 0.0598. The summed E-state index contributed by atoms with van der Waals surface area (Å²) in [5.41, 5.74) is 3.69. The van der Waals surface area contributed by atoms with Crippen molar-refractivity contribution >= 4 is 11.6 Å². The number of anilines is 1. The average molecular weight is 485 g/mol. The predicted molar refractivity (Wildman–Crippen MR) is 137 cm³/mol. The number of benzene rings is 3. The van der Waals surface area contributed by atoms with Gasteiger partial charge in [-0.25, -0.2) is 0 Å². The molecule has 1 fully saturated rings. The van der Waals surface area contributed by atoms with Crippen molar-refractivity contribution in [3.8, 4) is 34.3 Å². The Kier molecular flexibility index (Phi) is 6.84. The van der Waals surface area contributed by atoms with E-state index < -0.39 is 0 Å². The van der Waals surface area contributed by atoms with Gasteiger partial charge in [0, 0.05) is 31.7 Å². The highest BCUT2D eigenvalue weighted by Crippen LogP contribution is 2.31. The molecule has 4 aromatic rings. The zero-order chi connectivity index (χ0) is 24.9. The summed E-state index contributed by atoms with van der Waals surface area (Å²) in [5, 5.41) is 4.13. The molecule has 5 rings (SSSR count). The van der Waals surface area contributed by atoms with Gasteiger partial charge in [0.2, 0.25) is 5.82 Å². The molecule has 1 aliphatic rings. The zero-order valence-electron chi connectivity index (χ0n) is 20.4. The van der Waals surface area contributed by atoms with Crippen molar-refractivity contribution in [1.82, 2.24) is 15.0 Å². The number of aryl methyl sites for hydroxylation is 1. The number of ether oxygens (including phenoxy) is 2. The van der Waals surface area contributed by atoms with Crippen LogP contribution in [0.5, 0.6) is 11.5 Å². The van der Waals surface area contributed by atoms with Crippen LogP contribution in [0.2, 0.25) is 0 Å². The van der Waals surface area contributed by atoms with Crippen molar-refractivity contribution in [2.75, 3.05) is 44.8 Å². The van der Waals surface area contributed by atoms with Gasteiger partial charge in [0.05, 0.1) is 18.4 Å². The first kappa shape index (κ1) is 23.4. The van der Waals surface area contributed by atoms with E-state index in [-0.39, 0.29) is 12.5 Å². The lowest BCUT2D eigenvalue weighted by Gasteiger charge is -2.36. The summed E-state index contributed by atoms with van der Waals surface area (Å²) in [5.74, 6) is 2.16. The molecule has 0 spiro atoms. The Morgan fingerprint density at radius 1 is 0.944 bits per heavy atom. The predicted octanol–water partition coefficient (Wildman–Crippen LogP) is 4.45. The summed E-state index contributed by atoms with van der Waals surface area (Å²) in [6, 6.07) is 23.2. The van der Waals surface area contributed by atoms with Crippen molar-refractivity contribution < 1.29 is 18.8 Å². The van der Waals surface area contributed by atoms with Gasteiger partial charge in [0.25, 0.3) is 11.8 Å². The molecule has 1 aliphatic heterocycles. The summed E-state index contributed by atoms with van der Waals surface area (Å²) in [6.45, 7) is 4.64. The van der Waals surface area contributed by atoms with Crippen LogP contribution >= 0.6 is 0 Å². The first-order chi connectivity index (χ1) is 17.6. The lowest BCUT2D eigenvalue weighted by Crippen LogP contribution is -2.50. The summed E-state index contributed by atoms with van der Waals surface area (Å²) in [4.78, 5) is 21.5. The van der Waals surface area contributed by atoms with Gasteiger partial charge in [-0.3, -0.25) is 4.79 Å². The van der Waals surface area contributed by atoms with E-state index in [0.29, 0.717) is 36.1 Å². The molecule has 0 radical (unpaired) electrons. The molecule has 8 nitrogen and oxygen atoms in total. The third-order valence-corrected chi connectivity index (χ3v) is 6.23. The van der Waals surface area contributed by atoms with E-state index in [1.807, 2.05) is 78.6 Å². The molecule has 36 heavy (non-hydrogen) atoms. The fraction of sp³-hybridized carbons (Fsp3) is 0.250. The standard InChI is InChI=1S/C28H28N4O4/c1-20-8-7-9-21(18-20)27-29-28(36-30-27)22-10-3-5-12-24(22)35-19-26(33)32-16-14-31(15-17-32)23-11-4-6-13-25(23)34-2/h3-13,18H,14-17,19H2,1-2H3. The third kappa shape index (κ3) is 5.02. The highest BCUT2D eigenvalue weighted by molar-refractivity contribution is 5.78. The van der Waals surface area contributed by atoms with Crippen LogP contribution in [-0.2, 0) is 4.79 Å². The fourth-order valence-corrected chi connectivity index (χ4v) is 4.32. The van der Waals surface area contributed by atoms with Crippen LogP contribution in [0.25, 0.3) is 22.8 Å². The molecule has 184 valence electrons. The van der Waals surface area contributed by atoms with E-state index >= 15 is 0 Å². The minimum Gasteiger partial charge on any atom is -0.495 e. The van der Waals surface area contributed by atoms with Crippen molar-refractivity contribution in [1.29, 1.82) is 0 Å². The van der Waals surface area contributed by atoms with Crippen LogP contribution < -0.4 is 14.4 Å². The lowest BCUT2D eigenvalue weighted by molar-refractivity contribution is -0.133. The number of carbonyl (C=O) groups excluding carboxylic acids is 1. The van der Waals surface area contributed by atoms with Crippen LogP contribution in [0.15, 0.2) is 77.3 Å². The van der Waals surface area contributed by atoms with Crippen molar-refractivity contribution in [2.24, 2.45) is 0 Å². The molecule has 1 aromatic heterocycles. The van der Waals surface area contributed by atoms with Crippen LogP contribution in [-0.4, -0.2) is 60.8 Å². The highest BCUT2D eigenvalue weighted by atomic mass is 16.5. The molecular weight excluding hydrogens is 456 g/mol. The normalized spacial score (nSPS) is 13.5. The first-order valence-corrected chi connectivity index (χ1v) is 11.9. The van der Waals surface area contributed by atoms with E-state index in [1.165, 1.54) is 0 Å². The Morgan fingerprint density at radius 3 is 2.47 bits per heavy atom. The van der Waals surface area contributed by atoms with Gasteiger partial charge in [-0.15, -0.1) is 0 Å². The quantitative estimate of drug-likeness (QED) is 0.383. The van der Waals surface area contributed by atoms with Gasteiger partial charge < -0.3 is 23.8 Å². The van der Waals surface area contributed by atoms with E-state index in [9.17, 15) is 4.79 Å². The number of carbonyl (C=O) groups is 1. The van der Waals surface area contributed by atoms with Gasteiger partial charge in [-0.1, -0.05) is 53.2 Å². The highest BCUT2D eigenvalue weighted by Gasteiger charge is 2.24. The molecule has 0 N–H and O–H groups in total. The van der Waals surface area contributed by atoms with E-state index in [4.69, 9.17) is 14.0 Å². The van der Waals surface area contributed by atoms with Crippen LogP contribution in [0.3, 0.4) is 0 Å². The fourth-order valence-electron chi connectivity index (χ4n) is 4.32. The number of amides is 1. The van der Waals surface area contributed by atoms with Crippen LogP contribution in [0.4, 0.5) is 5.69 Å². The Bertz CT molecular complexity index is 1340. The van der Waals surface area contributed by atoms with E-state index in [1.54, 1.807) is 13.2 Å². The topological polar surface area (TPSA) is 80.9 Å². The number of piperazine rings is 1. The monoisotopic (exact) mass is 484 g/mol. The summed E-state index contributed by atoms with van der Waals surface area (Å²) >= 11 is 0. The number of hydrogen-bond acceptors (Lipinski definition) is 7. The van der Waals surface area contributed by atoms with Gasteiger partial charge in [0.15, 0.2) is 6.61 Å². The molecule has 2 heterocycles. The van der Waals surface area contributed by atoms with Crippen molar-refractivity contribution in [2.45, 2.75) is 6.92 Å². The molecular formula is C28H28N4O4. The van der Waals surface area contributed by atoms with E-state index in [2.05, 4.69) is 15.0 Å². The second-order valence-corrected chi connectivity index (χ2v) is 8.62. The number of rotatable bonds is 7. The molecule has 0 atom stereocenters. The zero-order valence-corrected chi connectivity index (χ0v) is 20.4. The minimum atomic E-state index is -0.0649. The first-order valence-electron chi connectivity index (χ1n) is 11.9. The third-order valence-electron chi connectivity index (χ3n) is 6.23. The molecule has 0 saturated carbocycles.